The third-order valence-corrected chi connectivity index (χ3v) is 1.95. The third-order valence-electron chi connectivity index (χ3n) is 1.95. The fraction of sp³-hybridized carbons (Fsp3) is 0.600. The average Bonchev–Trinajstić information content (AvgIpc) is 2.30. The van der Waals surface area contributed by atoms with Crippen molar-refractivity contribution in [3.8, 4) is 0 Å². The van der Waals surface area contributed by atoms with Gasteiger partial charge in [-0.3, -0.25) is 9.59 Å². The maximum absolute atomic E-state index is 11.0. The van der Waals surface area contributed by atoms with Gasteiger partial charge in [0.05, 0.1) is 0 Å². The molecule has 0 aliphatic heterocycles. The first-order chi connectivity index (χ1) is 8.34. The molecule has 0 aromatic rings. The number of hydrogen-bond acceptors (Lipinski definition) is 2. The molecule has 0 aromatic carbocycles. The molecule has 0 aliphatic rings. The van der Waals surface area contributed by atoms with E-state index in [-0.39, 0.29) is 18.1 Å². The molecule has 106 valence electrons. The van der Waals surface area contributed by atoms with Crippen LogP contribution in [0.2, 0.25) is 0 Å². The van der Waals surface area contributed by atoms with E-state index in [1.54, 1.807) is 0 Å². The molecule has 18 heavy (non-hydrogen) atoms. The molecule has 0 spiro atoms. The second-order valence-corrected chi connectivity index (χ2v) is 3.81. The summed E-state index contributed by atoms with van der Waals surface area (Å²) >= 11 is 0. The standard InChI is InChI=1S/C9H15NO2.C4H8.C2H6/c1-6(2)4-8(7(3)11)5-9(10)12;1-3-4-2;1-2/h8H,1,4-5H2,2-3H3,(H2,10,12);3-4H,1-2H3;1-2H3/b;4-3+;. The Hall–Kier alpha value is -1.38. The normalized spacial score (nSPS) is 10.6. The van der Waals surface area contributed by atoms with Gasteiger partial charge in [0.25, 0.3) is 0 Å². The van der Waals surface area contributed by atoms with Crippen LogP contribution in [-0.4, -0.2) is 11.7 Å². The van der Waals surface area contributed by atoms with Gasteiger partial charge in [-0.05, 0) is 34.1 Å². The summed E-state index contributed by atoms with van der Waals surface area (Å²) in [4.78, 5) is 21.5. The van der Waals surface area contributed by atoms with E-state index in [0.717, 1.165) is 5.57 Å². The molecule has 1 unspecified atom stereocenters. The Balaban J connectivity index is -0.000000317. The zero-order valence-corrected chi connectivity index (χ0v) is 12.7. The van der Waals surface area contributed by atoms with E-state index in [1.807, 2.05) is 46.8 Å². The van der Waals surface area contributed by atoms with E-state index >= 15 is 0 Å². The lowest BCUT2D eigenvalue weighted by Gasteiger charge is -2.10. The first-order valence-corrected chi connectivity index (χ1v) is 6.35. The molecule has 0 bridgehead atoms. The highest BCUT2D eigenvalue weighted by molar-refractivity contribution is 5.85. The van der Waals surface area contributed by atoms with Crippen LogP contribution in [0.15, 0.2) is 24.3 Å². The zero-order valence-electron chi connectivity index (χ0n) is 12.7. The predicted octanol–water partition coefficient (Wildman–Crippen LogP) is 3.64. The van der Waals surface area contributed by atoms with Gasteiger partial charge in [0.15, 0.2) is 0 Å². The van der Waals surface area contributed by atoms with Gasteiger partial charge in [-0.2, -0.15) is 0 Å². The van der Waals surface area contributed by atoms with Crippen molar-refractivity contribution >= 4 is 11.7 Å². The van der Waals surface area contributed by atoms with Crippen LogP contribution in [0, 0.1) is 5.92 Å². The van der Waals surface area contributed by atoms with Gasteiger partial charge in [-0.1, -0.05) is 31.6 Å². The number of carbonyl (C=O) groups excluding carboxylic acids is 2. The lowest BCUT2D eigenvalue weighted by Crippen LogP contribution is -2.21. The maximum atomic E-state index is 11.0. The number of carbonyl (C=O) groups is 2. The molecule has 3 heteroatoms. The maximum Gasteiger partial charge on any atom is 0.218 e. The molecule has 0 aliphatic carbocycles. The summed E-state index contributed by atoms with van der Waals surface area (Å²) in [7, 11) is 0. The summed E-state index contributed by atoms with van der Waals surface area (Å²) in [5.74, 6) is -0.715. The number of nitrogens with two attached hydrogens (primary N) is 1. The van der Waals surface area contributed by atoms with Crippen LogP contribution in [0.4, 0.5) is 0 Å². The van der Waals surface area contributed by atoms with Gasteiger partial charge in [-0.25, -0.2) is 0 Å². The number of rotatable bonds is 5. The van der Waals surface area contributed by atoms with Gasteiger partial charge in [0, 0.05) is 12.3 Å². The molecule has 1 atom stereocenters. The Bertz CT molecular complexity index is 248. The fourth-order valence-corrected chi connectivity index (χ4v) is 1.02. The highest BCUT2D eigenvalue weighted by Gasteiger charge is 2.16. The second kappa shape index (κ2) is 15.6. The summed E-state index contributed by atoms with van der Waals surface area (Å²) in [5.41, 5.74) is 5.89. The quantitative estimate of drug-likeness (QED) is 0.762. The van der Waals surface area contributed by atoms with Crippen molar-refractivity contribution in [2.24, 2.45) is 11.7 Å². The average molecular weight is 255 g/mol. The van der Waals surface area contributed by atoms with Crippen LogP contribution < -0.4 is 5.73 Å². The molecule has 0 rings (SSSR count). The van der Waals surface area contributed by atoms with Crippen molar-refractivity contribution < 1.29 is 9.59 Å². The lowest BCUT2D eigenvalue weighted by molar-refractivity contribution is -0.126. The van der Waals surface area contributed by atoms with E-state index in [4.69, 9.17) is 5.73 Å². The summed E-state index contributed by atoms with van der Waals surface area (Å²) in [6.07, 6.45) is 4.68. The highest BCUT2D eigenvalue weighted by Crippen LogP contribution is 2.14. The molecule has 1 amide bonds. The van der Waals surface area contributed by atoms with Crippen molar-refractivity contribution in [2.45, 2.75) is 54.4 Å². The summed E-state index contributed by atoms with van der Waals surface area (Å²) < 4.78 is 0. The molecular weight excluding hydrogens is 226 g/mol. The van der Waals surface area contributed by atoms with Crippen LogP contribution in [0.25, 0.3) is 0 Å². The molecule has 3 nitrogen and oxygen atoms in total. The highest BCUT2D eigenvalue weighted by atomic mass is 16.1. The van der Waals surface area contributed by atoms with Crippen LogP contribution in [0.5, 0.6) is 0 Å². The minimum atomic E-state index is -0.434. The molecule has 0 radical (unpaired) electrons. The van der Waals surface area contributed by atoms with E-state index < -0.39 is 5.91 Å². The van der Waals surface area contributed by atoms with Gasteiger partial charge in [-0.15, -0.1) is 6.58 Å². The van der Waals surface area contributed by atoms with E-state index in [2.05, 4.69) is 6.58 Å². The number of ketones is 1. The van der Waals surface area contributed by atoms with Gasteiger partial charge in [0.2, 0.25) is 5.91 Å². The molecule has 0 heterocycles. The Morgan fingerprint density at radius 3 is 1.67 bits per heavy atom. The first kappa shape index (κ1) is 21.9. The van der Waals surface area contributed by atoms with Crippen molar-refractivity contribution in [2.75, 3.05) is 0 Å². The van der Waals surface area contributed by atoms with Crippen LogP contribution >= 0.6 is 0 Å². The van der Waals surface area contributed by atoms with Crippen LogP contribution in [0.1, 0.15) is 54.4 Å². The fourth-order valence-electron chi connectivity index (χ4n) is 1.02. The summed E-state index contributed by atoms with van der Waals surface area (Å²) in [6, 6.07) is 0. The predicted molar refractivity (Wildman–Crippen MR) is 79.2 cm³/mol. The van der Waals surface area contributed by atoms with Crippen molar-refractivity contribution in [1.82, 2.24) is 0 Å². The Morgan fingerprint density at radius 1 is 1.11 bits per heavy atom. The first-order valence-electron chi connectivity index (χ1n) is 6.35. The smallest absolute Gasteiger partial charge is 0.218 e. The van der Waals surface area contributed by atoms with Gasteiger partial charge in [0.1, 0.15) is 5.78 Å². The van der Waals surface area contributed by atoms with Gasteiger partial charge >= 0.3 is 0 Å². The Labute approximate surface area is 112 Å². The van der Waals surface area contributed by atoms with Gasteiger partial charge < -0.3 is 5.73 Å². The van der Waals surface area contributed by atoms with Crippen LogP contribution in [0.3, 0.4) is 0 Å². The van der Waals surface area contributed by atoms with Crippen molar-refractivity contribution in [3.05, 3.63) is 24.3 Å². The largest absolute Gasteiger partial charge is 0.370 e. The minimum absolute atomic E-state index is 0.00296. The molecule has 2 N–H and O–H groups in total. The molecular formula is C15H29NO2. The molecule has 0 saturated heterocycles. The SMILES string of the molecule is C/C=C/C.C=C(C)CC(CC(N)=O)C(C)=O.CC. The number of Topliss-reactive ketones (excluding diaryl/α,β-unsaturated/α-hetero) is 1. The van der Waals surface area contributed by atoms with Crippen molar-refractivity contribution in [3.63, 3.8) is 0 Å². The number of primary amides is 1. The third kappa shape index (κ3) is 20.1. The monoisotopic (exact) mass is 255 g/mol. The molecule has 0 aromatic heterocycles. The lowest BCUT2D eigenvalue weighted by atomic mass is 9.94. The molecule has 0 saturated carbocycles. The summed E-state index contributed by atoms with van der Waals surface area (Å²) in [5, 5.41) is 0. The summed E-state index contributed by atoms with van der Waals surface area (Å²) in [6.45, 7) is 15.0. The minimum Gasteiger partial charge on any atom is -0.370 e. The molecule has 0 fully saturated rings. The Kier molecular flexibility index (Phi) is 19.0. The topological polar surface area (TPSA) is 60.2 Å². The van der Waals surface area contributed by atoms with Crippen molar-refractivity contribution in [1.29, 1.82) is 0 Å². The van der Waals surface area contributed by atoms with E-state index in [1.165, 1.54) is 6.92 Å². The van der Waals surface area contributed by atoms with E-state index in [0.29, 0.717) is 6.42 Å². The van der Waals surface area contributed by atoms with Crippen LogP contribution in [-0.2, 0) is 9.59 Å². The number of amides is 1. The van der Waals surface area contributed by atoms with E-state index in [9.17, 15) is 9.59 Å². The zero-order chi connectivity index (χ0) is 15.1. The number of allylic oxidation sites excluding steroid dienone is 3. The number of hydrogen-bond donors (Lipinski definition) is 1. The Morgan fingerprint density at radius 2 is 1.50 bits per heavy atom. The second-order valence-electron chi connectivity index (χ2n) is 3.81.